The minimum Gasteiger partial charge on any atom is -0.382 e. The number of hydrogen-bond acceptors (Lipinski definition) is 5. The molecule has 0 aliphatic rings. The van der Waals surface area contributed by atoms with Crippen molar-refractivity contribution in [3.05, 3.63) is 76.5 Å². The number of carbonyl (C=O) groups excluding carboxylic acids is 1. The molecule has 4 rings (SSSR count). The van der Waals surface area contributed by atoms with Crippen molar-refractivity contribution >= 4 is 33.4 Å². The predicted octanol–water partition coefficient (Wildman–Crippen LogP) is 6.07. The number of fused-ring (bicyclic) bond motifs is 3. The molecule has 0 atom stereocenters. The Kier molecular flexibility index (Phi) is 7.76. The summed E-state index contributed by atoms with van der Waals surface area (Å²) in [6.45, 7) is 11.5. The van der Waals surface area contributed by atoms with E-state index in [1.165, 1.54) is 16.7 Å². The maximum absolute atomic E-state index is 12.7. The van der Waals surface area contributed by atoms with Gasteiger partial charge in [-0.15, -0.1) is 0 Å². The molecule has 0 bridgehead atoms. The third-order valence-electron chi connectivity index (χ3n) is 6.99. The Morgan fingerprint density at radius 1 is 0.971 bits per heavy atom. The van der Waals surface area contributed by atoms with Gasteiger partial charge in [-0.05, 0) is 93.2 Å². The first-order valence-corrected chi connectivity index (χ1v) is 12.7. The zero-order chi connectivity index (χ0) is 24.9. The van der Waals surface area contributed by atoms with Gasteiger partial charge in [0.05, 0.1) is 5.52 Å². The van der Waals surface area contributed by atoms with Gasteiger partial charge in [-0.1, -0.05) is 38.1 Å². The molecular formula is C30H36N4O. The Morgan fingerprint density at radius 2 is 1.77 bits per heavy atom. The van der Waals surface area contributed by atoms with Gasteiger partial charge in [0.25, 0.3) is 0 Å². The Morgan fingerprint density at radius 3 is 2.51 bits per heavy atom. The summed E-state index contributed by atoms with van der Waals surface area (Å²) in [6.07, 6.45) is 5.18. The molecule has 2 aromatic heterocycles. The highest BCUT2D eigenvalue weighted by Crippen LogP contribution is 2.28. The molecule has 182 valence electrons. The zero-order valence-corrected chi connectivity index (χ0v) is 21.4. The number of nitrogens with zero attached hydrogens (tertiary/aromatic N) is 3. The summed E-state index contributed by atoms with van der Waals surface area (Å²) in [7, 11) is 0. The standard InChI is InChI=1S/C30H36N4O/c1-5-34(6-2)15-7-8-28(35)24-13-12-23(21(4)17-24)11-10-22-18-26-25-14-9-20(3)16-27(25)33-30(31)29(26)32-19-22/h9,12-14,16-19H,5-8,10-11,15H2,1-4H3,(H2,31,33). The monoisotopic (exact) mass is 468 g/mol. The van der Waals surface area contributed by atoms with Crippen LogP contribution in [0, 0.1) is 13.8 Å². The van der Waals surface area contributed by atoms with E-state index in [2.05, 4.69) is 79.0 Å². The highest BCUT2D eigenvalue weighted by atomic mass is 16.1. The average Bonchev–Trinajstić information content (AvgIpc) is 2.85. The van der Waals surface area contributed by atoms with Gasteiger partial charge in [0.1, 0.15) is 5.52 Å². The molecule has 0 aliphatic carbocycles. The van der Waals surface area contributed by atoms with Crippen molar-refractivity contribution in [1.82, 2.24) is 14.9 Å². The molecule has 0 amide bonds. The normalized spacial score (nSPS) is 11.6. The molecule has 0 saturated heterocycles. The summed E-state index contributed by atoms with van der Waals surface area (Å²) < 4.78 is 0. The summed E-state index contributed by atoms with van der Waals surface area (Å²) >= 11 is 0. The minimum absolute atomic E-state index is 0.235. The van der Waals surface area contributed by atoms with Crippen molar-refractivity contribution in [2.24, 2.45) is 0 Å². The second-order valence-electron chi connectivity index (χ2n) is 9.45. The summed E-state index contributed by atoms with van der Waals surface area (Å²) in [4.78, 5) is 24.2. The molecule has 0 saturated carbocycles. The quantitative estimate of drug-likeness (QED) is 0.226. The average molecular weight is 469 g/mol. The smallest absolute Gasteiger partial charge is 0.162 e. The van der Waals surface area contributed by atoms with E-state index in [0.717, 1.165) is 71.8 Å². The number of benzene rings is 2. The molecule has 4 aromatic rings. The molecule has 2 heterocycles. The fraction of sp³-hybridized carbons (Fsp3) is 0.367. The largest absolute Gasteiger partial charge is 0.382 e. The molecule has 0 fully saturated rings. The molecular weight excluding hydrogens is 432 g/mol. The topological polar surface area (TPSA) is 72.1 Å². The third kappa shape index (κ3) is 5.68. The lowest BCUT2D eigenvalue weighted by atomic mass is 9.96. The van der Waals surface area contributed by atoms with Gasteiger partial charge in [0.15, 0.2) is 11.6 Å². The van der Waals surface area contributed by atoms with Crippen molar-refractivity contribution in [2.75, 3.05) is 25.4 Å². The number of anilines is 1. The number of aryl methyl sites for hydroxylation is 4. The van der Waals surface area contributed by atoms with Crippen molar-refractivity contribution in [3.63, 3.8) is 0 Å². The summed E-state index contributed by atoms with van der Waals surface area (Å²) in [5.74, 6) is 0.705. The van der Waals surface area contributed by atoms with Gasteiger partial charge in [0.2, 0.25) is 0 Å². The number of pyridine rings is 2. The van der Waals surface area contributed by atoms with E-state index < -0.39 is 0 Å². The van der Waals surface area contributed by atoms with Crippen LogP contribution in [0.2, 0.25) is 0 Å². The molecule has 0 spiro atoms. The summed E-state index contributed by atoms with van der Waals surface area (Å²) in [5.41, 5.74) is 13.4. The maximum Gasteiger partial charge on any atom is 0.162 e. The Labute approximate surface area is 208 Å². The van der Waals surface area contributed by atoms with Gasteiger partial charge >= 0.3 is 0 Å². The molecule has 35 heavy (non-hydrogen) atoms. The first kappa shape index (κ1) is 24.8. The van der Waals surface area contributed by atoms with Gasteiger partial charge in [-0.2, -0.15) is 0 Å². The van der Waals surface area contributed by atoms with Gasteiger partial charge < -0.3 is 10.6 Å². The highest BCUT2D eigenvalue weighted by Gasteiger charge is 2.11. The van der Waals surface area contributed by atoms with Crippen LogP contribution in [0.15, 0.2) is 48.7 Å². The van der Waals surface area contributed by atoms with E-state index in [1.54, 1.807) is 0 Å². The third-order valence-corrected chi connectivity index (χ3v) is 6.99. The van der Waals surface area contributed by atoms with Crippen LogP contribution >= 0.6 is 0 Å². The number of aromatic nitrogens is 2. The van der Waals surface area contributed by atoms with E-state index in [0.29, 0.717) is 12.2 Å². The lowest BCUT2D eigenvalue weighted by Crippen LogP contribution is -2.24. The number of carbonyl (C=O) groups is 1. The van der Waals surface area contributed by atoms with Crippen molar-refractivity contribution in [2.45, 2.75) is 53.4 Å². The number of hydrogen-bond donors (Lipinski definition) is 1. The van der Waals surface area contributed by atoms with E-state index in [1.807, 2.05) is 12.3 Å². The Bertz CT molecular complexity index is 1360. The van der Waals surface area contributed by atoms with Crippen LogP contribution in [0.25, 0.3) is 21.8 Å². The Balaban J connectivity index is 1.46. The predicted molar refractivity (Wildman–Crippen MR) is 146 cm³/mol. The number of ketones is 1. The van der Waals surface area contributed by atoms with E-state index in [-0.39, 0.29) is 5.78 Å². The van der Waals surface area contributed by atoms with Crippen LogP contribution in [0.1, 0.15) is 59.3 Å². The number of Topliss-reactive ketones (excluding diaryl/α,β-unsaturated/α-hetero) is 1. The SMILES string of the molecule is CCN(CC)CCCC(=O)c1ccc(CCc2cnc3c(N)nc4cc(C)ccc4c3c2)c(C)c1. The first-order valence-electron chi connectivity index (χ1n) is 12.7. The van der Waals surface area contributed by atoms with Crippen molar-refractivity contribution < 1.29 is 4.79 Å². The second-order valence-corrected chi connectivity index (χ2v) is 9.45. The van der Waals surface area contributed by atoms with E-state index in [4.69, 9.17) is 5.73 Å². The van der Waals surface area contributed by atoms with Crippen LogP contribution in [0.3, 0.4) is 0 Å². The summed E-state index contributed by atoms with van der Waals surface area (Å²) in [5, 5.41) is 2.13. The van der Waals surface area contributed by atoms with Crippen molar-refractivity contribution in [1.29, 1.82) is 0 Å². The van der Waals surface area contributed by atoms with E-state index in [9.17, 15) is 4.79 Å². The van der Waals surface area contributed by atoms with Crippen LogP contribution in [0.5, 0.6) is 0 Å². The molecule has 5 nitrogen and oxygen atoms in total. The van der Waals surface area contributed by atoms with Crippen molar-refractivity contribution in [3.8, 4) is 0 Å². The zero-order valence-electron chi connectivity index (χ0n) is 21.4. The molecule has 5 heteroatoms. The second kappa shape index (κ2) is 11.0. The molecule has 2 aromatic carbocycles. The van der Waals surface area contributed by atoms with Crippen LogP contribution in [0.4, 0.5) is 5.82 Å². The number of rotatable bonds is 10. The van der Waals surface area contributed by atoms with Gasteiger partial charge in [0, 0.05) is 29.0 Å². The number of nitrogens with two attached hydrogens (primary N) is 1. The fourth-order valence-electron chi connectivity index (χ4n) is 4.78. The fourth-order valence-corrected chi connectivity index (χ4v) is 4.78. The maximum atomic E-state index is 12.7. The van der Waals surface area contributed by atoms with Gasteiger partial charge in [-0.3, -0.25) is 9.78 Å². The first-order chi connectivity index (χ1) is 16.9. The van der Waals surface area contributed by atoms with Crippen LogP contribution in [-0.4, -0.2) is 40.3 Å². The molecule has 2 N–H and O–H groups in total. The molecule has 0 unspecified atom stereocenters. The number of nitrogen functional groups attached to an aromatic ring is 1. The van der Waals surface area contributed by atoms with Crippen LogP contribution < -0.4 is 5.73 Å². The lowest BCUT2D eigenvalue weighted by Gasteiger charge is -2.17. The molecule has 0 aliphatic heterocycles. The highest BCUT2D eigenvalue weighted by molar-refractivity contribution is 6.08. The molecule has 0 radical (unpaired) electrons. The Hall–Kier alpha value is -3.31. The summed E-state index contributed by atoms with van der Waals surface area (Å²) in [6, 6.07) is 14.6. The van der Waals surface area contributed by atoms with E-state index >= 15 is 0 Å². The lowest BCUT2D eigenvalue weighted by molar-refractivity contribution is 0.0975. The minimum atomic E-state index is 0.235. The van der Waals surface area contributed by atoms with Gasteiger partial charge in [-0.25, -0.2) is 4.98 Å². The van der Waals surface area contributed by atoms with Crippen LogP contribution in [-0.2, 0) is 12.8 Å².